The van der Waals surface area contributed by atoms with E-state index in [-0.39, 0.29) is 16.1 Å². The summed E-state index contributed by atoms with van der Waals surface area (Å²) in [6.07, 6.45) is 3.58. The summed E-state index contributed by atoms with van der Waals surface area (Å²) in [5, 5.41) is 19.3. The largest absolute Gasteiger partial charge is 0.478 e. The molecule has 1 aromatic carbocycles. The number of aromatic nitrogens is 1. The third kappa shape index (κ3) is 1.78. The Morgan fingerprint density at radius 3 is 2.50 bits per heavy atom. The van der Waals surface area contributed by atoms with E-state index in [1.165, 1.54) is 6.07 Å². The Balaban J connectivity index is 2.47. The first-order chi connectivity index (χ1) is 9.50. The van der Waals surface area contributed by atoms with Gasteiger partial charge in [0.05, 0.1) is 21.7 Å². The summed E-state index contributed by atoms with van der Waals surface area (Å²) in [7, 11) is 0. The quantitative estimate of drug-likeness (QED) is 0.793. The van der Waals surface area contributed by atoms with E-state index in [4.69, 9.17) is 11.6 Å². The van der Waals surface area contributed by atoms with Crippen molar-refractivity contribution in [2.24, 2.45) is 0 Å². The molecule has 20 heavy (non-hydrogen) atoms. The number of carboxylic acid groups (broad SMARTS) is 2. The molecule has 6 heteroatoms. The van der Waals surface area contributed by atoms with Gasteiger partial charge in [-0.3, -0.25) is 0 Å². The minimum atomic E-state index is -1.28. The van der Waals surface area contributed by atoms with Gasteiger partial charge in [-0.05, 0) is 37.3 Å². The Kier molecular flexibility index (Phi) is 2.94. The number of benzene rings is 1. The molecule has 0 bridgehead atoms. The zero-order valence-corrected chi connectivity index (χ0v) is 11.3. The molecule has 5 nitrogen and oxygen atoms in total. The van der Waals surface area contributed by atoms with Crippen LogP contribution in [0, 0.1) is 0 Å². The first-order valence-electron chi connectivity index (χ1n) is 6.33. The highest BCUT2D eigenvalue weighted by Crippen LogP contribution is 2.37. The summed E-state index contributed by atoms with van der Waals surface area (Å²) >= 11 is 6.12. The normalized spacial score (nSPS) is 14.2. The molecule has 0 saturated carbocycles. The van der Waals surface area contributed by atoms with Crippen LogP contribution < -0.4 is 0 Å². The molecule has 0 spiro atoms. The van der Waals surface area contributed by atoms with Crippen LogP contribution in [0.3, 0.4) is 0 Å². The number of nitrogens with one attached hydrogen (secondary N) is 1. The van der Waals surface area contributed by atoms with Gasteiger partial charge in [0, 0.05) is 11.1 Å². The topological polar surface area (TPSA) is 90.4 Å². The molecule has 2 aromatic rings. The minimum Gasteiger partial charge on any atom is -0.478 e. The van der Waals surface area contributed by atoms with Crippen LogP contribution in [0.2, 0.25) is 5.02 Å². The van der Waals surface area contributed by atoms with Crippen molar-refractivity contribution in [1.82, 2.24) is 4.98 Å². The van der Waals surface area contributed by atoms with Crippen LogP contribution >= 0.6 is 11.6 Å². The Bertz CT molecular complexity index is 747. The van der Waals surface area contributed by atoms with Crippen molar-refractivity contribution in [3.63, 3.8) is 0 Å². The summed E-state index contributed by atoms with van der Waals surface area (Å²) in [6, 6.07) is 1.21. The lowest BCUT2D eigenvalue weighted by Crippen LogP contribution is -2.10. The van der Waals surface area contributed by atoms with Crippen LogP contribution in [0.4, 0.5) is 0 Å². The minimum absolute atomic E-state index is 0.170. The van der Waals surface area contributed by atoms with E-state index < -0.39 is 11.9 Å². The number of aryl methyl sites for hydroxylation is 2. The Morgan fingerprint density at radius 1 is 1.15 bits per heavy atom. The third-order valence-corrected chi connectivity index (χ3v) is 4.07. The standard InChI is InChI=1S/C14H12ClNO4/c15-8-5-7(13(17)18)11(14(19)20)10-6-3-1-2-4-9(6)16-12(8)10/h5,16H,1-4H2,(H,17,18)(H,19,20). The number of carbonyl (C=O) groups is 2. The number of halogens is 1. The maximum atomic E-state index is 11.5. The van der Waals surface area contributed by atoms with Crippen LogP contribution in [0.25, 0.3) is 10.9 Å². The number of rotatable bonds is 2. The molecule has 0 atom stereocenters. The van der Waals surface area contributed by atoms with Crippen LogP contribution in [-0.2, 0) is 12.8 Å². The number of aromatic amines is 1. The number of H-pyrrole nitrogens is 1. The van der Waals surface area contributed by atoms with Crippen LogP contribution in [-0.4, -0.2) is 27.1 Å². The predicted molar refractivity (Wildman–Crippen MR) is 73.9 cm³/mol. The fraction of sp³-hybridized carbons (Fsp3) is 0.286. The van der Waals surface area contributed by atoms with Gasteiger partial charge in [0.1, 0.15) is 0 Å². The molecule has 1 aromatic heterocycles. The fourth-order valence-corrected chi connectivity index (χ4v) is 3.19. The van der Waals surface area contributed by atoms with E-state index in [1.807, 2.05) is 0 Å². The molecule has 0 fully saturated rings. The van der Waals surface area contributed by atoms with E-state index in [1.54, 1.807) is 0 Å². The average molecular weight is 294 g/mol. The first-order valence-corrected chi connectivity index (χ1v) is 6.71. The van der Waals surface area contributed by atoms with Crippen molar-refractivity contribution in [2.75, 3.05) is 0 Å². The molecule has 0 amide bonds. The lowest BCUT2D eigenvalue weighted by Gasteiger charge is -2.12. The van der Waals surface area contributed by atoms with E-state index in [9.17, 15) is 19.8 Å². The third-order valence-electron chi connectivity index (χ3n) is 3.77. The molecular formula is C14H12ClNO4. The Morgan fingerprint density at radius 2 is 1.85 bits per heavy atom. The van der Waals surface area contributed by atoms with Crippen molar-refractivity contribution in [2.45, 2.75) is 25.7 Å². The highest BCUT2D eigenvalue weighted by molar-refractivity contribution is 6.36. The zero-order chi connectivity index (χ0) is 14.4. The van der Waals surface area contributed by atoms with Gasteiger partial charge in [-0.15, -0.1) is 0 Å². The van der Waals surface area contributed by atoms with E-state index in [0.29, 0.717) is 10.9 Å². The smallest absolute Gasteiger partial charge is 0.337 e. The van der Waals surface area contributed by atoms with Crippen molar-refractivity contribution in [3.8, 4) is 0 Å². The molecule has 0 saturated heterocycles. The van der Waals surface area contributed by atoms with Crippen LogP contribution in [0.5, 0.6) is 0 Å². The van der Waals surface area contributed by atoms with Gasteiger partial charge in [0.25, 0.3) is 0 Å². The van der Waals surface area contributed by atoms with Gasteiger partial charge in [-0.2, -0.15) is 0 Å². The predicted octanol–water partition coefficient (Wildman–Crippen LogP) is 3.10. The van der Waals surface area contributed by atoms with Crippen LogP contribution in [0.15, 0.2) is 6.07 Å². The molecule has 0 radical (unpaired) electrons. The van der Waals surface area contributed by atoms with Gasteiger partial charge in [-0.1, -0.05) is 11.6 Å². The molecule has 1 aliphatic rings. The van der Waals surface area contributed by atoms with Crippen molar-refractivity contribution >= 4 is 34.4 Å². The van der Waals surface area contributed by atoms with Gasteiger partial charge in [-0.25, -0.2) is 9.59 Å². The summed E-state index contributed by atoms with van der Waals surface area (Å²) < 4.78 is 0. The van der Waals surface area contributed by atoms with Gasteiger partial charge in [0.2, 0.25) is 0 Å². The van der Waals surface area contributed by atoms with Crippen molar-refractivity contribution in [3.05, 3.63) is 33.5 Å². The molecule has 0 unspecified atom stereocenters. The second-order valence-electron chi connectivity index (χ2n) is 4.93. The molecule has 104 valence electrons. The number of aromatic carboxylic acids is 2. The van der Waals surface area contributed by atoms with Gasteiger partial charge >= 0.3 is 11.9 Å². The molecule has 3 rings (SSSR count). The summed E-state index contributed by atoms with van der Waals surface area (Å²) in [5.41, 5.74) is 1.96. The SMILES string of the molecule is O=C(O)c1cc(Cl)c2[nH]c3c(c2c1C(=O)O)CCCC3. The van der Waals surface area contributed by atoms with Crippen LogP contribution in [0.1, 0.15) is 44.8 Å². The lowest BCUT2D eigenvalue weighted by molar-refractivity contribution is 0.0653. The molecule has 1 aliphatic carbocycles. The highest BCUT2D eigenvalue weighted by atomic mass is 35.5. The van der Waals surface area contributed by atoms with Crippen molar-refractivity contribution < 1.29 is 19.8 Å². The fourth-order valence-electron chi connectivity index (χ4n) is 2.93. The molecule has 1 heterocycles. The zero-order valence-electron chi connectivity index (χ0n) is 10.5. The highest BCUT2D eigenvalue weighted by Gasteiger charge is 2.27. The Labute approximate surface area is 119 Å². The van der Waals surface area contributed by atoms with E-state index in [0.717, 1.165) is 36.9 Å². The van der Waals surface area contributed by atoms with Crippen molar-refractivity contribution in [1.29, 1.82) is 0 Å². The maximum absolute atomic E-state index is 11.5. The first kappa shape index (κ1) is 13.0. The second kappa shape index (κ2) is 4.52. The van der Waals surface area contributed by atoms with Gasteiger partial charge < -0.3 is 15.2 Å². The van der Waals surface area contributed by atoms with Gasteiger partial charge in [0.15, 0.2) is 0 Å². The molecular weight excluding hydrogens is 282 g/mol. The molecule has 3 N–H and O–H groups in total. The lowest BCUT2D eigenvalue weighted by atomic mass is 9.92. The monoisotopic (exact) mass is 293 g/mol. The van der Waals surface area contributed by atoms with E-state index in [2.05, 4.69) is 4.98 Å². The number of carboxylic acids is 2. The summed E-state index contributed by atoms with van der Waals surface area (Å²) in [6.45, 7) is 0. The maximum Gasteiger partial charge on any atom is 0.337 e. The number of hydrogen-bond donors (Lipinski definition) is 3. The second-order valence-corrected chi connectivity index (χ2v) is 5.34. The Hall–Kier alpha value is -2.01. The summed E-state index contributed by atoms with van der Waals surface area (Å²) in [4.78, 5) is 26.0. The summed E-state index contributed by atoms with van der Waals surface area (Å²) in [5.74, 6) is -2.52. The average Bonchev–Trinajstić information content (AvgIpc) is 2.78. The molecule has 0 aliphatic heterocycles. The van der Waals surface area contributed by atoms with E-state index >= 15 is 0 Å². The number of fused-ring (bicyclic) bond motifs is 3. The number of hydrogen-bond acceptors (Lipinski definition) is 2.